The topological polar surface area (TPSA) is 54.0 Å². The molecule has 176 valence electrons. The molecule has 0 aliphatic heterocycles. The van der Waals surface area contributed by atoms with Crippen LogP contribution < -0.4 is 10.6 Å². The molecule has 2 N–H and O–H groups in total. The van der Waals surface area contributed by atoms with E-state index in [0.29, 0.717) is 48.1 Å². The molecule has 0 saturated heterocycles. The standard InChI is InChI=1S/C22H19F6N3OS/c23-21(24,25)18-11-16(14-3-1-2-4-15(14)31-18)29-12-5-7-13(8-6-12)30-20(32)17-9-10-19(33-17)22(26,27)28/h1-4,9-13H,5-8H2,(H,29,31)(H,30,32)/t12-,13+. The van der Waals surface area contributed by atoms with Crippen molar-refractivity contribution in [3.05, 3.63) is 57.9 Å². The Morgan fingerprint density at radius 3 is 2.21 bits per heavy atom. The molecule has 1 amide bonds. The number of amides is 1. The zero-order chi connectivity index (χ0) is 23.8. The lowest BCUT2D eigenvalue weighted by molar-refractivity contribution is -0.141. The first-order valence-corrected chi connectivity index (χ1v) is 11.0. The molecule has 1 saturated carbocycles. The van der Waals surface area contributed by atoms with Crippen LogP contribution in [0.3, 0.4) is 0 Å². The number of alkyl halides is 6. The van der Waals surface area contributed by atoms with Crippen molar-refractivity contribution < 1.29 is 31.1 Å². The number of rotatable bonds is 4. The Kier molecular flexibility index (Phi) is 6.26. The van der Waals surface area contributed by atoms with Crippen molar-refractivity contribution in [2.24, 2.45) is 0 Å². The predicted molar refractivity (Wildman–Crippen MR) is 113 cm³/mol. The SMILES string of the molecule is O=C(N[C@H]1CC[C@@H](Nc2cc(C(F)(F)F)nc3ccccc23)CC1)c1ccc(C(F)(F)F)s1. The van der Waals surface area contributed by atoms with Crippen LogP contribution in [0, 0.1) is 0 Å². The first-order valence-electron chi connectivity index (χ1n) is 10.2. The minimum atomic E-state index is -4.57. The van der Waals surface area contributed by atoms with Gasteiger partial charge >= 0.3 is 12.4 Å². The Morgan fingerprint density at radius 1 is 0.909 bits per heavy atom. The molecule has 1 aromatic carbocycles. The summed E-state index contributed by atoms with van der Waals surface area (Å²) in [7, 11) is 0. The van der Waals surface area contributed by atoms with Gasteiger partial charge in [-0.15, -0.1) is 11.3 Å². The molecule has 0 radical (unpaired) electrons. The third-order valence-corrected chi connectivity index (χ3v) is 6.67. The van der Waals surface area contributed by atoms with Crippen molar-refractivity contribution in [2.45, 2.75) is 50.1 Å². The summed E-state index contributed by atoms with van der Waals surface area (Å²) >= 11 is 0.396. The zero-order valence-electron chi connectivity index (χ0n) is 17.1. The highest BCUT2D eigenvalue weighted by Crippen LogP contribution is 2.36. The van der Waals surface area contributed by atoms with E-state index in [1.54, 1.807) is 18.2 Å². The van der Waals surface area contributed by atoms with Crippen molar-refractivity contribution in [3.8, 4) is 0 Å². The second-order valence-electron chi connectivity index (χ2n) is 7.90. The second-order valence-corrected chi connectivity index (χ2v) is 8.98. The quantitative estimate of drug-likeness (QED) is 0.414. The number of thiophene rings is 1. The average molecular weight is 487 g/mol. The van der Waals surface area contributed by atoms with Crippen LogP contribution in [-0.2, 0) is 12.4 Å². The van der Waals surface area contributed by atoms with E-state index < -0.39 is 28.8 Å². The fourth-order valence-electron chi connectivity index (χ4n) is 3.91. The van der Waals surface area contributed by atoms with Crippen LogP contribution in [0.1, 0.15) is 45.9 Å². The Bertz CT molecular complexity index is 1150. The van der Waals surface area contributed by atoms with E-state index in [2.05, 4.69) is 15.6 Å². The molecule has 4 nitrogen and oxygen atoms in total. The van der Waals surface area contributed by atoms with E-state index in [1.807, 2.05) is 0 Å². The van der Waals surface area contributed by atoms with Gasteiger partial charge in [-0.2, -0.15) is 26.3 Å². The van der Waals surface area contributed by atoms with Crippen molar-refractivity contribution in [2.75, 3.05) is 5.32 Å². The Labute approximate surface area is 189 Å². The van der Waals surface area contributed by atoms with Gasteiger partial charge in [-0.3, -0.25) is 4.79 Å². The number of fused-ring (bicyclic) bond motifs is 1. The largest absolute Gasteiger partial charge is 0.433 e. The number of nitrogens with zero attached hydrogens (tertiary/aromatic N) is 1. The number of benzene rings is 1. The van der Waals surface area contributed by atoms with Crippen molar-refractivity contribution >= 4 is 33.8 Å². The molecule has 0 unspecified atom stereocenters. The summed E-state index contributed by atoms with van der Waals surface area (Å²) in [6, 6.07) is 9.30. The van der Waals surface area contributed by atoms with Crippen LogP contribution in [0.4, 0.5) is 32.0 Å². The molecule has 0 bridgehead atoms. The number of hydrogen-bond donors (Lipinski definition) is 2. The van der Waals surface area contributed by atoms with Gasteiger partial charge in [0.05, 0.1) is 10.4 Å². The van der Waals surface area contributed by atoms with Gasteiger partial charge in [0.15, 0.2) is 0 Å². The van der Waals surface area contributed by atoms with Gasteiger partial charge in [0.2, 0.25) is 0 Å². The lowest BCUT2D eigenvalue weighted by Gasteiger charge is -2.30. The van der Waals surface area contributed by atoms with Crippen molar-refractivity contribution in [1.29, 1.82) is 0 Å². The number of para-hydroxylation sites is 1. The third-order valence-electron chi connectivity index (χ3n) is 5.54. The Morgan fingerprint density at radius 2 is 1.58 bits per heavy atom. The number of hydrogen-bond acceptors (Lipinski definition) is 4. The van der Waals surface area contributed by atoms with Crippen LogP contribution in [0.5, 0.6) is 0 Å². The van der Waals surface area contributed by atoms with Crippen LogP contribution in [0.2, 0.25) is 0 Å². The summed E-state index contributed by atoms with van der Waals surface area (Å²) in [5.41, 5.74) is -0.387. The molecule has 2 heterocycles. The summed E-state index contributed by atoms with van der Waals surface area (Å²) < 4.78 is 78.0. The molecular weight excluding hydrogens is 468 g/mol. The minimum absolute atomic E-state index is 0.00879. The number of aromatic nitrogens is 1. The van der Waals surface area contributed by atoms with E-state index in [9.17, 15) is 31.1 Å². The third kappa shape index (κ3) is 5.40. The van der Waals surface area contributed by atoms with Crippen molar-refractivity contribution in [1.82, 2.24) is 10.3 Å². The molecule has 2 aromatic heterocycles. The second kappa shape index (κ2) is 8.85. The van der Waals surface area contributed by atoms with E-state index in [1.165, 1.54) is 6.07 Å². The summed E-state index contributed by atoms with van der Waals surface area (Å²) in [4.78, 5) is 15.2. The van der Waals surface area contributed by atoms with E-state index in [4.69, 9.17) is 0 Å². The number of halogens is 6. The highest BCUT2D eigenvalue weighted by Gasteiger charge is 2.35. The summed E-state index contributed by atoms with van der Waals surface area (Å²) in [5.74, 6) is -0.554. The zero-order valence-corrected chi connectivity index (χ0v) is 17.9. The number of pyridine rings is 1. The van der Waals surface area contributed by atoms with Gasteiger partial charge in [-0.05, 0) is 49.9 Å². The average Bonchev–Trinajstić information content (AvgIpc) is 3.25. The maximum absolute atomic E-state index is 13.3. The van der Waals surface area contributed by atoms with E-state index in [-0.39, 0.29) is 22.5 Å². The minimum Gasteiger partial charge on any atom is -0.382 e. The summed E-state index contributed by atoms with van der Waals surface area (Å²) in [6.45, 7) is 0. The molecule has 4 rings (SSSR count). The normalized spacial score (nSPS) is 19.5. The number of nitrogens with one attached hydrogen (secondary N) is 2. The Balaban J connectivity index is 1.39. The van der Waals surface area contributed by atoms with Crippen LogP contribution in [0.25, 0.3) is 10.9 Å². The molecule has 0 atom stereocenters. The van der Waals surface area contributed by atoms with Gasteiger partial charge < -0.3 is 10.6 Å². The van der Waals surface area contributed by atoms with Crippen LogP contribution >= 0.6 is 11.3 Å². The molecule has 1 aliphatic rings. The van der Waals surface area contributed by atoms with Gasteiger partial charge in [0.1, 0.15) is 10.6 Å². The van der Waals surface area contributed by atoms with Crippen LogP contribution in [-0.4, -0.2) is 23.0 Å². The van der Waals surface area contributed by atoms with Crippen molar-refractivity contribution in [3.63, 3.8) is 0 Å². The first-order chi connectivity index (χ1) is 15.5. The molecule has 1 fully saturated rings. The smallest absolute Gasteiger partial charge is 0.382 e. The Hall–Kier alpha value is -2.82. The molecular formula is C22H19F6N3OS. The van der Waals surface area contributed by atoms with E-state index in [0.717, 1.165) is 18.2 Å². The molecule has 33 heavy (non-hydrogen) atoms. The number of carbonyl (C=O) groups is 1. The monoisotopic (exact) mass is 487 g/mol. The first kappa shape index (κ1) is 23.3. The van der Waals surface area contributed by atoms with Crippen LogP contribution in [0.15, 0.2) is 42.5 Å². The van der Waals surface area contributed by atoms with E-state index >= 15 is 0 Å². The fraction of sp³-hybridized carbons (Fsp3) is 0.364. The highest BCUT2D eigenvalue weighted by molar-refractivity contribution is 7.14. The maximum Gasteiger partial charge on any atom is 0.433 e. The fourth-order valence-corrected chi connectivity index (χ4v) is 4.69. The molecule has 3 aromatic rings. The predicted octanol–water partition coefficient (Wildman–Crippen LogP) is 6.49. The van der Waals surface area contributed by atoms with Gasteiger partial charge in [0.25, 0.3) is 5.91 Å². The molecule has 11 heteroatoms. The highest BCUT2D eigenvalue weighted by atomic mass is 32.1. The maximum atomic E-state index is 13.3. The van der Waals surface area contributed by atoms with Gasteiger partial charge in [-0.25, -0.2) is 4.98 Å². The summed E-state index contributed by atoms with van der Waals surface area (Å²) in [6.07, 6.45) is -6.79. The summed E-state index contributed by atoms with van der Waals surface area (Å²) in [5, 5.41) is 6.53. The number of anilines is 1. The molecule has 0 spiro atoms. The lowest BCUT2D eigenvalue weighted by atomic mass is 9.90. The lowest BCUT2D eigenvalue weighted by Crippen LogP contribution is -2.40. The number of carbonyl (C=O) groups excluding carboxylic acids is 1. The molecule has 1 aliphatic carbocycles. The van der Waals surface area contributed by atoms with Gasteiger partial charge in [-0.1, -0.05) is 18.2 Å². The van der Waals surface area contributed by atoms with Gasteiger partial charge in [0, 0.05) is 23.2 Å².